The second-order valence-corrected chi connectivity index (χ2v) is 6.23. The monoisotopic (exact) mass is 290 g/mol. The maximum absolute atomic E-state index is 5.45. The van der Waals surface area contributed by atoms with E-state index in [0.717, 1.165) is 37.1 Å². The zero-order chi connectivity index (χ0) is 14.8. The molecule has 1 saturated heterocycles. The summed E-state index contributed by atoms with van der Waals surface area (Å²) in [6.45, 7) is 4.65. The minimum atomic E-state index is 0.738. The SMILES string of the molecule is COc1cc2c(cc1OC)CN(C1CCN(C)CC1)CC2. The summed E-state index contributed by atoms with van der Waals surface area (Å²) in [6, 6.07) is 5.05. The number of nitrogens with zero attached hydrogens (tertiary/aromatic N) is 2. The Balaban J connectivity index is 1.75. The Morgan fingerprint density at radius 1 is 0.952 bits per heavy atom. The summed E-state index contributed by atoms with van der Waals surface area (Å²) in [5, 5.41) is 0. The highest BCUT2D eigenvalue weighted by Crippen LogP contribution is 2.34. The number of ether oxygens (including phenoxy) is 2. The molecule has 0 bridgehead atoms. The summed E-state index contributed by atoms with van der Waals surface area (Å²) in [5.74, 6) is 1.70. The van der Waals surface area contributed by atoms with Crippen LogP contribution in [0.3, 0.4) is 0 Å². The average molecular weight is 290 g/mol. The molecule has 0 unspecified atom stereocenters. The molecule has 1 aromatic carbocycles. The molecule has 0 radical (unpaired) electrons. The Morgan fingerprint density at radius 2 is 1.57 bits per heavy atom. The van der Waals surface area contributed by atoms with Crippen molar-refractivity contribution in [2.45, 2.75) is 31.8 Å². The van der Waals surface area contributed by atoms with Crippen LogP contribution in [-0.2, 0) is 13.0 Å². The van der Waals surface area contributed by atoms with Crippen LogP contribution >= 0.6 is 0 Å². The number of fused-ring (bicyclic) bond motifs is 1. The fraction of sp³-hybridized carbons (Fsp3) is 0.647. The second kappa shape index (κ2) is 6.24. The van der Waals surface area contributed by atoms with E-state index < -0.39 is 0 Å². The lowest BCUT2D eigenvalue weighted by Gasteiger charge is -2.40. The van der Waals surface area contributed by atoms with Crippen molar-refractivity contribution in [3.05, 3.63) is 23.3 Å². The van der Waals surface area contributed by atoms with E-state index in [1.54, 1.807) is 14.2 Å². The molecule has 0 aliphatic carbocycles. The molecule has 2 heterocycles. The zero-order valence-corrected chi connectivity index (χ0v) is 13.4. The van der Waals surface area contributed by atoms with E-state index in [1.807, 2.05) is 0 Å². The highest BCUT2D eigenvalue weighted by Gasteiger charge is 2.27. The third kappa shape index (κ3) is 3.01. The van der Waals surface area contributed by atoms with Gasteiger partial charge in [-0.15, -0.1) is 0 Å². The molecule has 0 aromatic heterocycles. The molecule has 1 fully saturated rings. The predicted molar refractivity (Wildman–Crippen MR) is 84.2 cm³/mol. The predicted octanol–water partition coefficient (Wildman–Crippen LogP) is 2.16. The van der Waals surface area contributed by atoms with E-state index in [1.165, 1.54) is 37.1 Å². The molecule has 4 heteroatoms. The Bertz CT molecular complexity index is 496. The summed E-state index contributed by atoms with van der Waals surface area (Å²) >= 11 is 0. The van der Waals surface area contributed by atoms with E-state index in [2.05, 4.69) is 29.0 Å². The molecule has 116 valence electrons. The van der Waals surface area contributed by atoms with Crippen LogP contribution in [0, 0.1) is 0 Å². The van der Waals surface area contributed by atoms with Gasteiger partial charge >= 0.3 is 0 Å². The maximum atomic E-state index is 5.45. The van der Waals surface area contributed by atoms with Crippen molar-refractivity contribution < 1.29 is 9.47 Å². The van der Waals surface area contributed by atoms with Crippen molar-refractivity contribution in [3.63, 3.8) is 0 Å². The zero-order valence-electron chi connectivity index (χ0n) is 13.4. The van der Waals surface area contributed by atoms with Gasteiger partial charge in [-0.3, -0.25) is 4.90 Å². The minimum absolute atomic E-state index is 0.738. The smallest absolute Gasteiger partial charge is 0.161 e. The van der Waals surface area contributed by atoms with Crippen molar-refractivity contribution >= 4 is 0 Å². The fourth-order valence-electron chi connectivity index (χ4n) is 3.58. The van der Waals surface area contributed by atoms with E-state index in [0.29, 0.717) is 0 Å². The molecule has 0 amide bonds. The highest BCUT2D eigenvalue weighted by molar-refractivity contribution is 5.48. The van der Waals surface area contributed by atoms with Crippen molar-refractivity contribution in [1.82, 2.24) is 9.80 Å². The van der Waals surface area contributed by atoms with Crippen LogP contribution in [0.15, 0.2) is 12.1 Å². The van der Waals surface area contributed by atoms with Crippen molar-refractivity contribution in [1.29, 1.82) is 0 Å². The Labute approximate surface area is 127 Å². The quantitative estimate of drug-likeness (QED) is 0.851. The van der Waals surface area contributed by atoms with Crippen LogP contribution in [0.2, 0.25) is 0 Å². The summed E-state index contributed by atoms with van der Waals surface area (Å²) < 4.78 is 10.9. The molecule has 21 heavy (non-hydrogen) atoms. The van der Waals surface area contributed by atoms with Gasteiger partial charge in [-0.1, -0.05) is 0 Å². The van der Waals surface area contributed by atoms with Gasteiger partial charge in [0.15, 0.2) is 11.5 Å². The molecule has 0 N–H and O–H groups in total. The van der Waals surface area contributed by atoms with Crippen molar-refractivity contribution in [2.75, 3.05) is 40.9 Å². The van der Waals surface area contributed by atoms with Crippen molar-refractivity contribution in [3.8, 4) is 11.5 Å². The van der Waals surface area contributed by atoms with Crippen LogP contribution in [0.25, 0.3) is 0 Å². The lowest BCUT2D eigenvalue weighted by molar-refractivity contribution is 0.109. The van der Waals surface area contributed by atoms with Crippen LogP contribution < -0.4 is 9.47 Å². The van der Waals surface area contributed by atoms with E-state index in [9.17, 15) is 0 Å². The van der Waals surface area contributed by atoms with Gasteiger partial charge in [-0.25, -0.2) is 0 Å². The van der Waals surface area contributed by atoms with Gasteiger partial charge in [0.1, 0.15) is 0 Å². The first-order valence-electron chi connectivity index (χ1n) is 7.87. The van der Waals surface area contributed by atoms with Gasteiger partial charge in [-0.2, -0.15) is 0 Å². The molecule has 0 spiro atoms. The maximum Gasteiger partial charge on any atom is 0.161 e. The fourth-order valence-corrected chi connectivity index (χ4v) is 3.58. The van der Waals surface area contributed by atoms with Gasteiger partial charge < -0.3 is 14.4 Å². The Hall–Kier alpha value is -1.26. The van der Waals surface area contributed by atoms with E-state index in [4.69, 9.17) is 9.47 Å². The third-order valence-corrected chi connectivity index (χ3v) is 4.95. The molecular formula is C17H26N2O2. The highest BCUT2D eigenvalue weighted by atomic mass is 16.5. The normalized spacial score (nSPS) is 21.1. The average Bonchev–Trinajstić information content (AvgIpc) is 2.53. The molecular weight excluding hydrogens is 264 g/mol. The molecule has 1 aromatic rings. The second-order valence-electron chi connectivity index (χ2n) is 6.23. The van der Waals surface area contributed by atoms with E-state index >= 15 is 0 Å². The number of methoxy groups -OCH3 is 2. The van der Waals surface area contributed by atoms with Gasteiger partial charge in [0.2, 0.25) is 0 Å². The number of piperidine rings is 1. The summed E-state index contributed by atoms with van der Waals surface area (Å²) in [4.78, 5) is 5.09. The van der Waals surface area contributed by atoms with Gasteiger partial charge in [0.25, 0.3) is 0 Å². The van der Waals surface area contributed by atoms with Crippen molar-refractivity contribution in [2.24, 2.45) is 0 Å². The molecule has 0 saturated carbocycles. The molecule has 0 atom stereocenters. The third-order valence-electron chi connectivity index (χ3n) is 4.95. The number of hydrogen-bond acceptors (Lipinski definition) is 4. The standard InChI is InChI=1S/C17H26N2O2/c1-18-7-5-15(6-8-18)19-9-4-13-10-16(20-2)17(21-3)11-14(13)12-19/h10-11,15H,4-9,12H2,1-3H3. The van der Waals surface area contributed by atoms with Gasteiger partial charge in [0.05, 0.1) is 14.2 Å². The van der Waals surface area contributed by atoms with Crippen LogP contribution in [0.1, 0.15) is 24.0 Å². The lowest BCUT2D eigenvalue weighted by Crippen LogP contribution is -2.45. The van der Waals surface area contributed by atoms with Gasteiger partial charge in [0, 0.05) is 19.1 Å². The summed E-state index contributed by atoms with van der Waals surface area (Å²) in [6.07, 6.45) is 3.69. The first kappa shape index (κ1) is 14.7. The molecule has 2 aliphatic rings. The first-order chi connectivity index (χ1) is 10.2. The summed E-state index contributed by atoms with van der Waals surface area (Å²) in [5.41, 5.74) is 2.81. The van der Waals surface area contributed by atoms with Crippen LogP contribution in [0.5, 0.6) is 11.5 Å². The largest absolute Gasteiger partial charge is 0.493 e. The summed E-state index contributed by atoms with van der Waals surface area (Å²) in [7, 11) is 5.64. The topological polar surface area (TPSA) is 24.9 Å². The Morgan fingerprint density at radius 3 is 2.19 bits per heavy atom. The first-order valence-corrected chi connectivity index (χ1v) is 7.87. The Kier molecular flexibility index (Phi) is 4.36. The molecule has 3 rings (SSSR count). The number of benzene rings is 1. The number of rotatable bonds is 3. The number of hydrogen-bond donors (Lipinski definition) is 0. The van der Waals surface area contributed by atoms with Gasteiger partial charge in [-0.05, 0) is 62.7 Å². The number of likely N-dealkylation sites (tertiary alicyclic amines) is 1. The lowest BCUT2D eigenvalue weighted by atomic mass is 9.95. The molecule has 4 nitrogen and oxygen atoms in total. The minimum Gasteiger partial charge on any atom is -0.493 e. The van der Waals surface area contributed by atoms with Crippen LogP contribution in [-0.4, -0.2) is 56.7 Å². The van der Waals surface area contributed by atoms with E-state index in [-0.39, 0.29) is 0 Å². The molecule has 2 aliphatic heterocycles. The van der Waals surface area contributed by atoms with Crippen LogP contribution in [0.4, 0.5) is 0 Å².